The molecule has 92 valence electrons. The van der Waals surface area contributed by atoms with Gasteiger partial charge in [0.1, 0.15) is 0 Å². The minimum atomic E-state index is 0.653. The number of hydrogen-bond acceptors (Lipinski definition) is 4. The zero-order valence-corrected chi connectivity index (χ0v) is 11.9. The summed E-state index contributed by atoms with van der Waals surface area (Å²) < 4.78 is 0. The fourth-order valence-electron chi connectivity index (χ4n) is 1.89. The van der Waals surface area contributed by atoms with Crippen molar-refractivity contribution < 1.29 is 0 Å². The molecule has 0 bridgehead atoms. The number of nitrogens with two attached hydrogens (primary N) is 1. The van der Waals surface area contributed by atoms with Crippen LogP contribution in [0, 0.1) is 6.92 Å². The SMILES string of the molecule is Cc1sc(CN)cc1CN(C)Cc1ccsc1. The molecule has 0 saturated heterocycles. The van der Waals surface area contributed by atoms with Crippen LogP contribution in [-0.2, 0) is 19.6 Å². The van der Waals surface area contributed by atoms with E-state index in [4.69, 9.17) is 5.73 Å². The van der Waals surface area contributed by atoms with Gasteiger partial charge in [0.2, 0.25) is 0 Å². The average molecular weight is 266 g/mol. The first-order valence-corrected chi connectivity index (χ1v) is 7.43. The van der Waals surface area contributed by atoms with E-state index in [1.165, 1.54) is 20.9 Å². The van der Waals surface area contributed by atoms with Crippen molar-refractivity contribution in [1.29, 1.82) is 0 Å². The van der Waals surface area contributed by atoms with Crippen molar-refractivity contribution in [2.24, 2.45) is 5.73 Å². The molecule has 0 unspecified atom stereocenters. The molecule has 0 spiro atoms. The van der Waals surface area contributed by atoms with E-state index in [9.17, 15) is 0 Å². The molecule has 0 aliphatic heterocycles. The molecule has 0 aliphatic rings. The summed E-state index contributed by atoms with van der Waals surface area (Å²) in [4.78, 5) is 5.02. The molecule has 0 fully saturated rings. The molecule has 0 atom stereocenters. The number of thiophene rings is 2. The van der Waals surface area contributed by atoms with Crippen LogP contribution in [0.15, 0.2) is 22.9 Å². The Balaban J connectivity index is 1.97. The summed E-state index contributed by atoms with van der Waals surface area (Å²) in [6.45, 7) is 4.84. The van der Waals surface area contributed by atoms with Crippen molar-refractivity contribution in [2.75, 3.05) is 7.05 Å². The normalized spacial score (nSPS) is 11.3. The first-order valence-electron chi connectivity index (χ1n) is 5.67. The highest BCUT2D eigenvalue weighted by atomic mass is 32.1. The smallest absolute Gasteiger partial charge is 0.0274 e. The summed E-state index contributed by atoms with van der Waals surface area (Å²) in [7, 11) is 2.16. The maximum Gasteiger partial charge on any atom is 0.0274 e. The summed E-state index contributed by atoms with van der Waals surface area (Å²) >= 11 is 3.57. The van der Waals surface area contributed by atoms with Crippen LogP contribution in [0.3, 0.4) is 0 Å². The van der Waals surface area contributed by atoms with E-state index in [1.807, 2.05) is 11.3 Å². The Morgan fingerprint density at radius 2 is 2.18 bits per heavy atom. The Labute approximate surface area is 111 Å². The second-order valence-electron chi connectivity index (χ2n) is 4.30. The lowest BCUT2D eigenvalue weighted by Gasteiger charge is -2.15. The maximum atomic E-state index is 5.67. The largest absolute Gasteiger partial charge is 0.326 e. The van der Waals surface area contributed by atoms with Crippen molar-refractivity contribution in [3.63, 3.8) is 0 Å². The summed E-state index contributed by atoms with van der Waals surface area (Å²) in [5.41, 5.74) is 8.47. The highest BCUT2D eigenvalue weighted by Crippen LogP contribution is 2.22. The van der Waals surface area contributed by atoms with E-state index in [0.29, 0.717) is 6.54 Å². The van der Waals surface area contributed by atoms with E-state index < -0.39 is 0 Å². The Kier molecular flexibility index (Phi) is 4.34. The van der Waals surface area contributed by atoms with Crippen molar-refractivity contribution in [3.8, 4) is 0 Å². The molecule has 0 aliphatic carbocycles. The molecule has 2 nitrogen and oxygen atoms in total. The van der Waals surface area contributed by atoms with Gasteiger partial charge in [-0.1, -0.05) is 0 Å². The predicted octanol–water partition coefficient (Wildman–Crippen LogP) is 3.21. The number of aryl methyl sites for hydroxylation is 1. The third-order valence-electron chi connectivity index (χ3n) is 2.75. The molecule has 2 heterocycles. The standard InChI is InChI=1S/C13H18N2S2/c1-10-12(5-13(6-14)17-10)8-15(2)7-11-3-4-16-9-11/h3-5,9H,6-8,14H2,1-2H3. The first-order chi connectivity index (χ1) is 8.19. The zero-order valence-electron chi connectivity index (χ0n) is 10.3. The fraction of sp³-hybridized carbons (Fsp3) is 0.385. The molecule has 2 N–H and O–H groups in total. The first kappa shape index (κ1) is 12.8. The molecule has 2 aromatic rings. The van der Waals surface area contributed by atoms with Crippen LogP contribution in [0.4, 0.5) is 0 Å². The van der Waals surface area contributed by atoms with Gasteiger partial charge < -0.3 is 5.73 Å². The van der Waals surface area contributed by atoms with Crippen LogP contribution in [-0.4, -0.2) is 11.9 Å². The lowest BCUT2D eigenvalue weighted by atomic mass is 10.2. The highest BCUT2D eigenvalue weighted by molar-refractivity contribution is 7.12. The molecular formula is C13H18N2S2. The van der Waals surface area contributed by atoms with Gasteiger partial charge in [-0.05, 0) is 48.0 Å². The molecular weight excluding hydrogens is 248 g/mol. The van der Waals surface area contributed by atoms with E-state index in [1.54, 1.807) is 11.3 Å². The van der Waals surface area contributed by atoms with Crippen LogP contribution < -0.4 is 5.73 Å². The third-order valence-corrected chi connectivity index (χ3v) is 4.59. The van der Waals surface area contributed by atoms with Crippen molar-refractivity contribution >= 4 is 22.7 Å². The van der Waals surface area contributed by atoms with E-state index >= 15 is 0 Å². The molecule has 0 radical (unpaired) electrons. The topological polar surface area (TPSA) is 29.3 Å². The quantitative estimate of drug-likeness (QED) is 0.900. The second kappa shape index (κ2) is 5.78. The van der Waals surface area contributed by atoms with Gasteiger partial charge in [0, 0.05) is 29.4 Å². The predicted molar refractivity (Wildman–Crippen MR) is 76.4 cm³/mol. The maximum absolute atomic E-state index is 5.67. The fourth-order valence-corrected chi connectivity index (χ4v) is 3.48. The zero-order chi connectivity index (χ0) is 12.3. The molecule has 4 heteroatoms. The van der Waals surface area contributed by atoms with Crippen LogP contribution >= 0.6 is 22.7 Å². The summed E-state index contributed by atoms with van der Waals surface area (Å²) in [5, 5.41) is 4.34. The van der Waals surface area contributed by atoms with Crippen LogP contribution in [0.25, 0.3) is 0 Å². The van der Waals surface area contributed by atoms with Crippen molar-refractivity contribution in [1.82, 2.24) is 4.90 Å². The van der Waals surface area contributed by atoms with Crippen molar-refractivity contribution in [2.45, 2.75) is 26.6 Å². The number of rotatable bonds is 5. The molecule has 0 saturated carbocycles. The van der Waals surface area contributed by atoms with Gasteiger partial charge in [-0.2, -0.15) is 11.3 Å². The van der Waals surface area contributed by atoms with E-state index in [-0.39, 0.29) is 0 Å². The van der Waals surface area contributed by atoms with Crippen LogP contribution in [0.5, 0.6) is 0 Å². The van der Waals surface area contributed by atoms with E-state index in [0.717, 1.165) is 13.1 Å². The Morgan fingerprint density at radius 3 is 2.76 bits per heavy atom. The molecule has 0 amide bonds. The average Bonchev–Trinajstić information content (AvgIpc) is 2.89. The molecule has 2 rings (SSSR count). The lowest BCUT2D eigenvalue weighted by Crippen LogP contribution is -2.16. The van der Waals surface area contributed by atoms with Gasteiger partial charge >= 0.3 is 0 Å². The monoisotopic (exact) mass is 266 g/mol. The summed E-state index contributed by atoms with van der Waals surface area (Å²) in [5.74, 6) is 0. The van der Waals surface area contributed by atoms with Gasteiger partial charge in [-0.15, -0.1) is 11.3 Å². The number of nitrogens with zero attached hydrogens (tertiary/aromatic N) is 1. The minimum absolute atomic E-state index is 0.653. The second-order valence-corrected chi connectivity index (χ2v) is 6.42. The van der Waals surface area contributed by atoms with Gasteiger partial charge in [-0.3, -0.25) is 4.90 Å². The lowest BCUT2D eigenvalue weighted by molar-refractivity contribution is 0.319. The minimum Gasteiger partial charge on any atom is -0.326 e. The van der Waals surface area contributed by atoms with E-state index in [2.05, 4.69) is 41.8 Å². The molecule has 0 aromatic carbocycles. The van der Waals surface area contributed by atoms with Crippen LogP contribution in [0.2, 0.25) is 0 Å². The van der Waals surface area contributed by atoms with Crippen molar-refractivity contribution in [3.05, 3.63) is 43.8 Å². The van der Waals surface area contributed by atoms with Gasteiger partial charge in [0.25, 0.3) is 0 Å². The van der Waals surface area contributed by atoms with Crippen LogP contribution in [0.1, 0.15) is 20.9 Å². The summed E-state index contributed by atoms with van der Waals surface area (Å²) in [6, 6.07) is 4.43. The Morgan fingerprint density at radius 1 is 1.35 bits per heavy atom. The number of hydrogen-bond donors (Lipinski definition) is 1. The van der Waals surface area contributed by atoms with Gasteiger partial charge in [0.05, 0.1) is 0 Å². The van der Waals surface area contributed by atoms with Gasteiger partial charge in [0.15, 0.2) is 0 Å². The third kappa shape index (κ3) is 3.39. The van der Waals surface area contributed by atoms with Gasteiger partial charge in [-0.25, -0.2) is 0 Å². The molecule has 2 aromatic heterocycles. The summed E-state index contributed by atoms with van der Waals surface area (Å²) in [6.07, 6.45) is 0. The Bertz CT molecular complexity index is 460. The highest BCUT2D eigenvalue weighted by Gasteiger charge is 2.08. The Hall–Kier alpha value is -0.680. The molecule has 17 heavy (non-hydrogen) atoms.